The molecule has 0 bridgehead atoms. The number of nitrogens with zero attached hydrogens (tertiary/aromatic N) is 2. The Kier molecular flexibility index (Phi) is 4.56. The molecule has 2 heterocycles. The van der Waals surface area contributed by atoms with E-state index in [1.165, 1.54) is 0 Å². The van der Waals surface area contributed by atoms with Crippen molar-refractivity contribution in [1.29, 1.82) is 0 Å². The summed E-state index contributed by atoms with van der Waals surface area (Å²) in [6, 6.07) is 7.78. The third-order valence-electron chi connectivity index (χ3n) is 4.36. The van der Waals surface area contributed by atoms with Crippen molar-refractivity contribution >= 4 is 22.7 Å². The van der Waals surface area contributed by atoms with Gasteiger partial charge in [0.05, 0.1) is 18.5 Å². The first-order valence-electron chi connectivity index (χ1n) is 8.07. The molecule has 0 unspecified atom stereocenters. The van der Waals surface area contributed by atoms with Gasteiger partial charge in [0, 0.05) is 35.4 Å². The summed E-state index contributed by atoms with van der Waals surface area (Å²) in [7, 11) is 1.84. The Hall–Kier alpha value is -3.09. The highest BCUT2D eigenvalue weighted by molar-refractivity contribution is 5.90. The van der Waals surface area contributed by atoms with Gasteiger partial charge in [0.1, 0.15) is 0 Å². The van der Waals surface area contributed by atoms with Crippen LogP contribution in [-0.4, -0.2) is 26.6 Å². The molecule has 0 aliphatic carbocycles. The first-order chi connectivity index (χ1) is 12.0. The Labute approximate surface area is 145 Å². The lowest BCUT2D eigenvalue weighted by molar-refractivity contribution is -0.128. The minimum absolute atomic E-state index is 0.179. The summed E-state index contributed by atoms with van der Waals surface area (Å²) in [6.07, 6.45) is 2.18. The van der Waals surface area contributed by atoms with Gasteiger partial charge in [0.25, 0.3) is 0 Å². The van der Waals surface area contributed by atoms with Gasteiger partial charge < -0.3 is 4.98 Å². The highest BCUT2D eigenvalue weighted by Gasteiger charge is 2.14. The molecule has 0 saturated heterocycles. The molecule has 0 fully saturated rings. The average Bonchev–Trinajstić information content (AvgIpc) is 3.09. The number of H-pyrrole nitrogens is 1. The van der Waals surface area contributed by atoms with Crippen LogP contribution >= 0.6 is 0 Å². The summed E-state index contributed by atoms with van der Waals surface area (Å²) >= 11 is 0. The number of benzene rings is 1. The van der Waals surface area contributed by atoms with E-state index in [4.69, 9.17) is 0 Å². The summed E-state index contributed by atoms with van der Waals surface area (Å²) in [4.78, 5) is 27.3. The fraction of sp³-hybridized carbons (Fsp3) is 0.278. The molecule has 7 nitrogen and oxygen atoms in total. The second-order valence-electron chi connectivity index (χ2n) is 6.08. The Balaban J connectivity index is 1.56. The Morgan fingerprint density at radius 1 is 1.12 bits per heavy atom. The van der Waals surface area contributed by atoms with Crippen molar-refractivity contribution in [2.24, 2.45) is 7.05 Å². The van der Waals surface area contributed by atoms with Crippen LogP contribution in [0.2, 0.25) is 0 Å². The van der Waals surface area contributed by atoms with Crippen LogP contribution in [0.15, 0.2) is 30.5 Å². The molecule has 0 aliphatic heterocycles. The Bertz CT molecular complexity index is 938. The first kappa shape index (κ1) is 16.8. The second kappa shape index (κ2) is 6.80. The zero-order chi connectivity index (χ0) is 18.0. The number of aromatic nitrogens is 3. The molecule has 2 amide bonds. The number of carbonyl (C=O) groups excluding carboxylic acids is 2. The van der Waals surface area contributed by atoms with Crippen molar-refractivity contribution < 1.29 is 9.59 Å². The summed E-state index contributed by atoms with van der Waals surface area (Å²) in [5.74, 6) is -0.538. The maximum Gasteiger partial charge on any atom is 0.242 e. The largest absolute Gasteiger partial charge is 0.361 e. The van der Waals surface area contributed by atoms with Gasteiger partial charge in [0.15, 0.2) is 0 Å². The minimum atomic E-state index is -0.272. The fourth-order valence-corrected chi connectivity index (χ4v) is 2.91. The number of hydrazine groups is 1. The molecule has 3 rings (SSSR count). The van der Waals surface area contributed by atoms with Gasteiger partial charge in [-0.05, 0) is 25.5 Å². The fourth-order valence-electron chi connectivity index (χ4n) is 2.91. The van der Waals surface area contributed by atoms with E-state index in [-0.39, 0.29) is 24.7 Å². The van der Waals surface area contributed by atoms with Crippen molar-refractivity contribution in [1.82, 2.24) is 25.6 Å². The molecule has 130 valence electrons. The number of nitrogens with one attached hydrogen (secondary N) is 3. The van der Waals surface area contributed by atoms with Gasteiger partial charge in [-0.25, -0.2) is 0 Å². The van der Waals surface area contributed by atoms with E-state index in [0.717, 1.165) is 33.4 Å². The van der Waals surface area contributed by atoms with Crippen LogP contribution in [0.1, 0.15) is 22.5 Å². The lowest BCUT2D eigenvalue weighted by Crippen LogP contribution is -2.43. The number of carbonyl (C=O) groups is 2. The molecule has 1 aromatic carbocycles. The van der Waals surface area contributed by atoms with Crippen molar-refractivity contribution in [3.8, 4) is 0 Å². The number of hydrogen-bond acceptors (Lipinski definition) is 3. The van der Waals surface area contributed by atoms with Crippen molar-refractivity contribution in [2.45, 2.75) is 26.7 Å². The quantitative estimate of drug-likeness (QED) is 0.628. The van der Waals surface area contributed by atoms with Crippen LogP contribution in [0.25, 0.3) is 10.9 Å². The molecule has 0 atom stereocenters. The van der Waals surface area contributed by atoms with E-state index in [0.29, 0.717) is 0 Å². The average molecular weight is 339 g/mol. The van der Waals surface area contributed by atoms with Gasteiger partial charge in [-0.2, -0.15) is 5.10 Å². The highest BCUT2D eigenvalue weighted by Crippen LogP contribution is 2.17. The normalized spacial score (nSPS) is 10.8. The molecule has 25 heavy (non-hydrogen) atoms. The van der Waals surface area contributed by atoms with Gasteiger partial charge in [-0.15, -0.1) is 0 Å². The summed E-state index contributed by atoms with van der Waals surface area (Å²) in [5, 5.41) is 5.29. The molecular formula is C18H21N5O2. The number of aromatic amines is 1. The van der Waals surface area contributed by atoms with Crippen LogP contribution < -0.4 is 10.9 Å². The second-order valence-corrected chi connectivity index (χ2v) is 6.08. The lowest BCUT2D eigenvalue weighted by atomic mass is 10.1. The monoisotopic (exact) mass is 339 g/mol. The van der Waals surface area contributed by atoms with Crippen LogP contribution in [0.4, 0.5) is 0 Å². The van der Waals surface area contributed by atoms with Crippen LogP contribution in [-0.2, 0) is 29.5 Å². The van der Waals surface area contributed by atoms with E-state index in [1.54, 1.807) is 4.68 Å². The molecular weight excluding hydrogens is 318 g/mol. The SMILES string of the molecule is Cc1nn(C)c(C)c1CC(=O)NNC(=O)Cc1c[nH]c2ccccc12. The molecule has 0 aliphatic rings. The molecule has 0 radical (unpaired) electrons. The summed E-state index contributed by atoms with van der Waals surface area (Å²) in [5.41, 5.74) is 9.46. The molecule has 0 saturated carbocycles. The standard InChI is InChI=1S/C18H21N5O2/c1-11-15(12(2)23(3)22-11)9-18(25)21-20-17(24)8-13-10-19-16-7-5-4-6-14(13)16/h4-7,10,19H,8-9H2,1-3H3,(H,20,24)(H,21,25). The number of para-hydroxylation sites is 1. The number of hydrogen-bond donors (Lipinski definition) is 3. The summed E-state index contributed by atoms with van der Waals surface area (Å²) in [6.45, 7) is 3.78. The van der Waals surface area contributed by atoms with Crippen molar-refractivity contribution in [3.05, 3.63) is 53.0 Å². The Morgan fingerprint density at radius 3 is 2.48 bits per heavy atom. The maximum atomic E-state index is 12.1. The van der Waals surface area contributed by atoms with Crippen LogP contribution in [0.3, 0.4) is 0 Å². The molecule has 2 aromatic heterocycles. The zero-order valence-electron chi connectivity index (χ0n) is 14.5. The number of rotatable bonds is 4. The highest BCUT2D eigenvalue weighted by atomic mass is 16.2. The van der Waals surface area contributed by atoms with Gasteiger partial charge in [-0.1, -0.05) is 18.2 Å². The molecule has 3 aromatic rings. The molecule has 0 spiro atoms. The number of amides is 2. The first-order valence-corrected chi connectivity index (χ1v) is 8.07. The van der Waals surface area contributed by atoms with Crippen LogP contribution in [0, 0.1) is 13.8 Å². The zero-order valence-corrected chi connectivity index (χ0v) is 14.5. The van der Waals surface area contributed by atoms with E-state index < -0.39 is 0 Å². The predicted octanol–water partition coefficient (Wildman–Crippen LogP) is 1.45. The number of aryl methyl sites for hydroxylation is 2. The van der Waals surface area contributed by atoms with Gasteiger partial charge >= 0.3 is 0 Å². The summed E-state index contributed by atoms with van der Waals surface area (Å²) < 4.78 is 1.74. The van der Waals surface area contributed by atoms with Crippen LogP contribution in [0.5, 0.6) is 0 Å². The van der Waals surface area contributed by atoms with Gasteiger partial charge in [-0.3, -0.25) is 25.1 Å². The Morgan fingerprint density at radius 2 is 1.80 bits per heavy atom. The third kappa shape index (κ3) is 3.55. The van der Waals surface area contributed by atoms with E-state index in [2.05, 4.69) is 20.9 Å². The van der Waals surface area contributed by atoms with Crippen molar-refractivity contribution in [3.63, 3.8) is 0 Å². The van der Waals surface area contributed by atoms with E-state index in [1.807, 2.05) is 51.4 Å². The van der Waals surface area contributed by atoms with Crippen molar-refractivity contribution in [2.75, 3.05) is 0 Å². The predicted molar refractivity (Wildman–Crippen MR) is 94.7 cm³/mol. The maximum absolute atomic E-state index is 12.1. The number of fused-ring (bicyclic) bond motifs is 1. The topological polar surface area (TPSA) is 91.8 Å². The lowest BCUT2D eigenvalue weighted by Gasteiger charge is -2.07. The van der Waals surface area contributed by atoms with E-state index in [9.17, 15) is 9.59 Å². The van der Waals surface area contributed by atoms with Gasteiger partial charge in [0.2, 0.25) is 11.8 Å². The molecule has 3 N–H and O–H groups in total. The van der Waals surface area contributed by atoms with E-state index >= 15 is 0 Å². The molecule has 7 heteroatoms. The third-order valence-corrected chi connectivity index (χ3v) is 4.36. The minimum Gasteiger partial charge on any atom is -0.361 e. The smallest absolute Gasteiger partial charge is 0.242 e.